The maximum Gasteiger partial charge on any atom is 0.222 e. The molecule has 0 aliphatic carbocycles. The van der Waals surface area contributed by atoms with Crippen molar-refractivity contribution in [2.24, 2.45) is 5.92 Å². The van der Waals surface area contributed by atoms with E-state index in [0.29, 0.717) is 24.1 Å². The molecule has 0 spiro atoms. The van der Waals surface area contributed by atoms with Crippen LogP contribution in [0.25, 0.3) is 11.2 Å². The largest absolute Gasteiger partial charge is 0.445 e. The minimum absolute atomic E-state index is 0.0906. The lowest BCUT2D eigenvalue weighted by atomic mass is 10.1. The first-order valence-electron chi connectivity index (χ1n) is 5.43. The highest BCUT2D eigenvalue weighted by molar-refractivity contribution is 5.70. The molecule has 17 heavy (non-hydrogen) atoms. The van der Waals surface area contributed by atoms with Crippen molar-refractivity contribution >= 4 is 17.1 Å². The molecule has 5 N–H and O–H groups in total. The third-order valence-electron chi connectivity index (χ3n) is 2.66. The molecule has 0 amide bonds. The van der Waals surface area contributed by atoms with E-state index in [9.17, 15) is 0 Å². The number of aromatic nitrogens is 4. The van der Waals surface area contributed by atoms with Crippen LogP contribution in [0.5, 0.6) is 0 Å². The van der Waals surface area contributed by atoms with Crippen LogP contribution in [0.3, 0.4) is 0 Å². The van der Waals surface area contributed by atoms with E-state index in [1.807, 2.05) is 4.57 Å². The molecule has 2 rings (SSSR count). The van der Waals surface area contributed by atoms with E-state index in [4.69, 9.17) is 15.9 Å². The fourth-order valence-corrected chi connectivity index (χ4v) is 1.72. The minimum Gasteiger partial charge on any atom is -0.445 e. The predicted molar refractivity (Wildman–Crippen MR) is 63.4 cm³/mol. The highest BCUT2D eigenvalue weighted by Gasteiger charge is 2.13. The van der Waals surface area contributed by atoms with E-state index in [1.165, 1.54) is 0 Å². The van der Waals surface area contributed by atoms with Gasteiger partial charge in [-0.05, 0) is 6.42 Å². The Kier molecular flexibility index (Phi) is 3.50. The zero-order valence-corrected chi connectivity index (χ0v) is 9.37. The number of anilines is 1. The maximum absolute atomic E-state index is 8.90. The van der Waals surface area contributed by atoms with Crippen LogP contribution in [0.1, 0.15) is 6.42 Å². The second-order valence-corrected chi connectivity index (χ2v) is 3.92. The van der Waals surface area contributed by atoms with E-state index < -0.39 is 0 Å². The van der Waals surface area contributed by atoms with Gasteiger partial charge in [-0.2, -0.15) is 4.98 Å². The third-order valence-corrected chi connectivity index (χ3v) is 2.66. The average Bonchev–Trinajstić information content (AvgIpc) is 2.71. The molecule has 0 aromatic carbocycles. The van der Waals surface area contributed by atoms with Crippen LogP contribution in [-0.2, 0) is 6.54 Å². The fourth-order valence-electron chi connectivity index (χ4n) is 1.72. The molecule has 92 valence electrons. The summed E-state index contributed by atoms with van der Waals surface area (Å²) in [4.78, 5) is 12.2. The number of aliphatic hydroxyl groups excluding tert-OH is 1. The summed E-state index contributed by atoms with van der Waals surface area (Å²) in [6.07, 6.45) is 3.85. The van der Waals surface area contributed by atoms with Gasteiger partial charge in [-0.3, -0.25) is 0 Å². The number of rotatable bonds is 5. The van der Waals surface area contributed by atoms with E-state index in [2.05, 4.69) is 15.0 Å². The molecule has 1 atom stereocenters. The Balaban J connectivity index is 2.26. The van der Waals surface area contributed by atoms with Crippen LogP contribution in [0.15, 0.2) is 12.5 Å². The molecule has 0 radical (unpaired) electrons. The van der Waals surface area contributed by atoms with E-state index in [-0.39, 0.29) is 25.1 Å². The topological polar surface area (TPSA) is 113 Å². The third kappa shape index (κ3) is 2.51. The van der Waals surface area contributed by atoms with Gasteiger partial charge >= 0.3 is 0 Å². The molecule has 0 saturated carbocycles. The molecule has 0 unspecified atom stereocenters. The van der Waals surface area contributed by atoms with Crippen LogP contribution in [0.4, 0.5) is 5.95 Å². The number of hydrogen-bond acceptors (Lipinski definition) is 5. The summed E-state index contributed by atoms with van der Waals surface area (Å²) in [6, 6.07) is 0. The standard InChI is InChI=1S/C10H15N5O2/c11-10-12-3-8-9(14-10)15(6-13-8)4-7(5-17)1-2-16/h3,6-7,16-17H,1-2,4-5H2,(H2,11,12,14)/p+1/t7-/m1/s1. The van der Waals surface area contributed by atoms with Gasteiger partial charge in [0.15, 0.2) is 5.65 Å². The molecular weight excluding hydrogens is 222 g/mol. The Morgan fingerprint density at radius 2 is 2.29 bits per heavy atom. The molecule has 0 aliphatic heterocycles. The number of aliphatic hydroxyl groups is 1. The van der Waals surface area contributed by atoms with Crippen molar-refractivity contribution < 1.29 is 10.2 Å². The zero-order valence-electron chi connectivity index (χ0n) is 9.37. The molecule has 0 fully saturated rings. The van der Waals surface area contributed by atoms with Gasteiger partial charge in [0, 0.05) is 19.1 Å². The quantitative estimate of drug-likeness (QED) is 0.657. The minimum atomic E-state index is 0.0906. The summed E-state index contributed by atoms with van der Waals surface area (Å²) < 4.78 is 1.85. The first kappa shape index (κ1) is 11.7. The summed E-state index contributed by atoms with van der Waals surface area (Å²) in [5.41, 5.74) is 6.90. The Bertz CT molecular complexity index is 498. The monoisotopic (exact) mass is 238 g/mol. The molecular formula is C10H16N5O2+. The first-order chi connectivity index (χ1) is 8.24. The van der Waals surface area contributed by atoms with Gasteiger partial charge < -0.3 is 20.5 Å². The maximum atomic E-state index is 8.90. The smallest absolute Gasteiger partial charge is 0.222 e. The Morgan fingerprint density at radius 3 is 3.00 bits per heavy atom. The van der Waals surface area contributed by atoms with Gasteiger partial charge in [-0.25, -0.2) is 9.97 Å². The Morgan fingerprint density at radius 1 is 1.47 bits per heavy atom. The summed E-state index contributed by atoms with van der Waals surface area (Å²) in [5, 5.41) is 16.3. The average molecular weight is 238 g/mol. The van der Waals surface area contributed by atoms with E-state index in [0.717, 1.165) is 0 Å². The first-order valence-corrected chi connectivity index (χ1v) is 5.43. The summed E-state index contributed by atoms with van der Waals surface area (Å²) in [5.74, 6) is 0.303. The molecule has 0 aliphatic rings. The lowest BCUT2D eigenvalue weighted by molar-refractivity contribution is 0.171. The van der Waals surface area contributed by atoms with Crippen molar-refractivity contribution in [2.75, 3.05) is 18.9 Å². The molecule has 2 aromatic rings. The number of nitrogens with zero attached hydrogens (tertiary/aromatic N) is 4. The summed E-state index contributed by atoms with van der Waals surface area (Å²) >= 11 is 0. The number of nitrogen functional groups attached to an aromatic ring is 1. The van der Waals surface area contributed by atoms with E-state index in [1.54, 1.807) is 12.5 Å². The molecule has 2 aromatic heterocycles. The van der Waals surface area contributed by atoms with Gasteiger partial charge in [0.2, 0.25) is 5.95 Å². The Labute approximate surface area is 97.9 Å². The van der Waals surface area contributed by atoms with Crippen molar-refractivity contribution in [1.29, 1.82) is 0 Å². The van der Waals surface area contributed by atoms with E-state index >= 15 is 0 Å². The molecule has 7 heteroatoms. The van der Waals surface area contributed by atoms with Gasteiger partial charge in [0.1, 0.15) is 12.1 Å². The van der Waals surface area contributed by atoms with Crippen molar-refractivity contribution in [3.05, 3.63) is 12.5 Å². The molecule has 0 saturated heterocycles. The van der Waals surface area contributed by atoms with Crippen LogP contribution >= 0.6 is 0 Å². The summed E-state index contributed by atoms with van der Waals surface area (Å²) in [7, 11) is 0. The highest BCUT2D eigenvalue weighted by atomic mass is 16.3. The molecule has 0 bridgehead atoms. The Hall–Kier alpha value is -1.73. The van der Waals surface area contributed by atoms with Gasteiger partial charge in [0.25, 0.3) is 0 Å². The second kappa shape index (κ2) is 5.07. The zero-order chi connectivity index (χ0) is 12.3. The van der Waals surface area contributed by atoms with Gasteiger partial charge in [0.05, 0.1) is 12.5 Å². The van der Waals surface area contributed by atoms with Gasteiger partial charge in [-0.1, -0.05) is 0 Å². The van der Waals surface area contributed by atoms with Crippen molar-refractivity contribution in [2.45, 2.75) is 13.0 Å². The fraction of sp³-hybridized carbons (Fsp3) is 0.500. The lowest BCUT2D eigenvalue weighted by Gasteiger charge is -2.11. The molecule has 7 nitrogen and oxygen atoms in total. The number of hydrogen-bond donors (Lipinski definition) is 2. The van der Waals surface area contributed by atoms with Crippen molar-refractivity contribution in [3.63, 3.8) is 0 Å². The SMILES string of the molecule is Nc1ncc2ncn(C[C@H](C[OH2+])CCO)c2n1. The van der Waals surface area contributed by atoms with Crippen LogP contribution in [-0.4, -0.2) is 42.9 Å². The predicted octanol–water partition coefficient (Wildman–Crippen LogP) is -0.868. The second-order valence-electron chi connectivity index (χ2n) is 3.92. The number of nitrogens with two attached hydrogens (primary N) is 1. The van der Waals surface area contributed by atoms with Crippen LogP contribution in [0.2, 0.25) is 0 Å². The number of imidazole rings is 1. The summed E-state index contributed by atoms with van der Waals surface area (Å²) in [6.45, 7) is 0.963. The normalized spacial score (nSPS) is 13.1. The van der Waals surface area contributed by atoms with Crippen molar-refractivity contribution in [3.8, 4) is 0 Å². The van der Waals surface area contributed by atoms with Gasteiger partial charge in [-0.15, -0.1) is 0 Å². The van der Waals surface area contributed by atoms with Crippen molar-refractivity contribution in [1.82, 2.24) is 19.5 Å². The highest BCUT2D eigenvalue weighted by Crippen LogP contribution is 2.13. The molecule has 2 heterocycles. The lowest BCUT2D eigenvalue weighted by Crippen LogP contribution is -2.16. The number of fused-ring (bicyclic) bond motifs is 1. The van der Waals surface area contributed by atoms with Crippen LogP contribution in [0, 0.1) is 5.92 Å². The van der Waals surface area contributed by atoms with Crippen LogP contribution < -0.4 is 5.73 Å².